The summed E-state index contributed by atoms with van der Waals surface area (Å²) in [6, 6.07) is 7.56. The summed E-state index contributed by atoms with van der Waals surface area (Å²) in [4.78, 5) is 6.33. The maximum Gasteiger partial charge on any atom is 0.228 e. The number of aromatic nitrogens is 2. The lowest BCUT2D eigenvalue weighted by atomic mass is 10.2. The van der Waals surface area contributed by atoms with Gasteiger partial charge in [0.05, 0.1) is 30.8 Å². The molecule has 0 saturated heterocycles. The third-order valence-corrected chi connectivity index (χ3v) is 6.70. The molecule has 9 heteroatoms. The number of hydrogen-bond acceptors (Lipinski definition) is 5. The van der Waals surface area contributed by atoms with E-state index in [1.54, 1.807) is 13.3 Å². The highest BCUT2D eigenvalue weighted by Crippen LogP contribution is 2.21. The molecule has 31 heavy (non-hydrogen) atoms. The first-order valence-corrected chi connectivity index (χ1v) is 12.6. The topological polar surface area (TPSA) is 76.5 Å². The van der Waals surface area contributed by atoms with Gasteiger partial charge in [-0.2, -0.15) is 0 Å². The van der Waals surface area contributed by atoms with Crippen molar-refractivity contribution in [2.24, 2.45) is 5.92 Å². The summed E-state index contributed by atoms with van der Waals surface area (Å²) >= 11 is 5.51. The normalized spacial score (nSPS) is 11.7. The van der Waals surface area contributed by atoms with E-state index in [-0.39, 0.29) is 16.8 Å². The van der Waals surface area contributed by atoms with Crippen LogP contribution in [-0.4, -0.2) is 54.8 Å². The summed E-state index contributed by atoms with van der Waals surface area (Å²) in [5.74, 6) is 0.181. The van der Waals surface area contributed by atoms with Gasteiger partial charge in [-0.3, -0.25) is 0 Å². The van der Waals surface area contributed by atoms with E-state index >= 15 is 0 Å². The average Bonchev–Trinajstić information content (AvgIpc) is 3.07. The van der Waals surface area contributed by atoms with Gasteiger partial charge >= 0.3 is 0 Å². The molecule has 172 valence electrons. The second kappa shape index (κ2) is 11.6. The number of sulfone groups is 1. The lowest BCUT2D eigenvalue weighted by Gasteiger charge is -2.26. The van der Waals surface area contributed by atoms with Crippen LogP contribution in [0.25, 0.3) is 0 Å². The van der Waals surface area contributed by atoms with Crippen molar-refractivity contribution in [3.8, 4) is 0 Å². The van der Waals surface area contributed by atoms with Gasteiger partial charge in [-0.05, 0) is 37.5 Å². The molecule has 2 rings (SSSR count). The molecule has 0 spiro atoms. The van der Waals surface area contributed by atoms with Crippen LogP contribution < -0.4 is 5.32 Å². The van der Waals surface area contributed by atoms with E-state index in [0.29, 0.717) is 37.9 Å². The second-order valence-corrected chi connectivity index (χ2v) is 10.3. The third-order valence-electron chi connectivity index (χ3n) is 4.70. The van der Waals surface area contributed by atoms with Crippen LogP contribution in [-0.2, 0) is 33.4 Å². The van der Waals surface area contributed by atoms with E-state index in [0.717, 1.165) is 16.8 Å². The van der Waals surface area contributed by atoms with Crippen LogP contribution in [0.5, 0.6) is 0 Å². The van der Waals surface area contributed by atoms with Crippen LogP contribution in [0.4, 0.5) is 0 Å². The van der Waals surface area contributed by atoms with Crippen molar-refractivity contribution in [2.75, 3.05) is 26.8 Å². The van der Waals surface area contributed by atoms with Crippen LogP contribution in [0.1, 0.15) is 37.6 Å². The molecule has 0 aliphatic rings. The van der Waals surface area contributed by atoms with Crippen LogP contribution >= 0.6 is 12.2 Å². The molecular formula is C22H34N4O3S2. The third kappa shape index (κ3) is 7.29. The summed E-state index contributed by atoms with van der Waals surface area (Å²) in [6.07, 6.45) is 1.65. The van der Waals surface area contributed by atoms with Gasteiger partial charge in [0.25, 0.3) is 0 Å². The Morgan fingerprint density at radius 2 is 2.10 bits per heavy atom. The van der Waals surface area contributed by atoms with Gasteiger partial charge in [-0.1, -0.05) is 43.7 Å². The lowest BCUT2D eigenvalue weighted by molar-refractivity contribution is 0.173. The number of aryl methyl sites for hydroxylation is 1. The maximum absolute atomic E-state index is 13.3. The monoisotopic (exact) mass is 466 g/mol. The molecule has 2 aromatic rings. The Morgan fingerprint density at radius 3 is 2.71 bits per heavy atom. The van der Waals surface area contributed by atoms with Crippen molar-refractivity contribution >= 4 is 27.2 Å². The molecule has 0 aliphatic heterocycles. The standard InChI is InChI=1S/C22H34N4O3S2/c1-6-23-21(30)25(10-11-29-5)15-20-13-24-22(26(20)14-17(2)3)31(27,28)16-19-9-7-8-18(4)12-19/h7-9,12-13,17H,6,10-11,14-16H2,1-5H3,(H,23,30). The number of nitrogens with one attached hydrogen (secondary N) is 1. The highest BCUT2D eigenvalue weighted by Gasteiger charge is 2.25. The molecule has 0 radical (unpaired) electrons. The molecule has 0 amide bonds. The molecule has 1 aromatic heterocycles. The highest BCUT2D eigenvalue weighted by atomic mass is 32.2. The van der Waals surface area contributed by atoms with Crippen molar-refractivity contribution < 1.29 is 13.2 Å². The highest BCUT2D eigenvalue weighted by molar-refractivity contribution is 7.90. The first kappa shape index (κ1) is 25.3. The van der Waals surface area contributed by atoms with Crippen molar-refractivity contribution in [2.45, 2.75) is 51.7 Å². The van der Waals surface area contributed by atoms with E-state index in [1.807, 2.05) is 47.6 Å². The summed E-state index contributed by atoms with van der Waals surface area (Å²) < 4.78 is 33.6. The lowest BCUT2D eigenvalue weighted by Crippen LogP contribution is -2.41. The van der Waals surface area contributed by atoms with Crippen molar-refractivity contribution in [3.05, 3.63) is 47.3 Å². The predicted molar refractivity (Wildman–Crippen MR) is 128 cm³/mol. The number of methoxy groups -OCH3 is 1. The quantitative estimate of drug-likeness (QED) is 0.510. The molecule has 1 heterocycles. The van der Waals surface area contributed by atoms with Crippen LogP contribution in [0.15, 0.2) is 35.6 Å². The Balaban J connectivity index is 2.38. The summed E-state index contributed by atoms with van der Waals surface area (Å²) in [5.41, 5.74) is 2.60. The zero-order valence-electron chi connectivity index (χ0n) is 19.1. The number of thiocarbonyl (C=S) groups is 1. The zero-order valence-corrected chi connectivity index (χ0v) is 20.7. The second-order valence-electron chi connectivity index (χ2n) is 8.03. The van der Waals surface area contributed by atoms with Crippen LogP contribution in [0.3, 0.4) is 0 Å². The smallest absolute Gasteiger partial charge is 0.228 e. The van der Waals surface area contributed by atoms with Gasteiger partial charge < -0.3 is 19.5 Å². The SMILES string of the molecule is CCNC(=S)N(CCOC)Cc1cnc(S(=O)(=O)Cc2cccc(C)c2)n1CC(C)C. The van der Waals surface area contributed by atoms with E-state index in [4.69, 9.17) is 17.0 Å². The minimum Gasteiger partial charge on any atom is -0.383 e. The molecule has 0 saturated carbocycles. The van der Waals surface area contributed by atoms with Gasteiger partial charge in [-0.25, -0.2) is 13.4 Å². The van der Waals surface area contributed by atoms with Crippen LogP contribution in [0.2, 0.25) is 0 Å². The number of nitrogens with zero attached hydrogens (tertiary/aromatic N) is 3. The molecule has 1 aromatic carbocycles. The van der Waals surface area contributed by atoms with Gasteiger partial charge in [0, 0.05) is 26.7 Å². The van der Waals surface area contributed by atoms with Gasteiger partial charge in [0.2, 0.25) is 15.0 Å². The van der Waals surface area contributed by atoms with Gasteiger partial charge in [0.1, 0.15) is 0 Å². The Morgan fingerprint density at radius 1 is 1.35 bits per heavy atom. The molecule has 0 unspecified atom stereocenters. The molecular weight excluding hydrogens is 432 g/mol. The average molecular weight is 467 g/mol. The number of hydrogen-bond donors (Lipinski definition) is 1. The van der Waals surface area contributed by atoms with Crippen molar-refractivity contribution in [1.29, 1.82) is 0 Å². The zero-order chi connectivity index (χ0) is 23.0. The number of ether oxygens (including phenoxy) is 1. The van der Waals surface area contributed by atoms with E-state index in [2.05, 4.69) is 24.1 Å². The molecule has 7 nitrogen and oxygen atoms in total. The Labute approximate surface area is 191 Å². The van der Waals surface area contributed by atoms with E-state index in [9.17, 15) is 8.42 Å². The Kier molecular flexibility index (Phi) is 9.46. The Bertz CT molecular complexity index is 971. The van der Waals surface area contributed by atoms with Crippen molar-refractivity contribution in [1.82, 2.24) is 19.8 Å². The number of benzene rings is 1. The predicted octanol–water partition coefficient (Wildman–Crippen LogP) is 3.16. The van der Waals surface area contributed by atoms with Gasteiger partial charge in [0.15, 0.2) is 5.11 Å². The number of imidazole rings is 1. The van der Waals surface area contributed by atoms with E-state index in [1.165, 1.54) is 0 Å². The molecule has 1 N–H and O–H groups in total. The van der Waals surface area contributed by atoms with Crippen molar-refractivity contribution in [3.63, 3.8) is 0 Å². The van der Waals surface area contributed by atoms with Gasteiger partial charge in [-0.15, -0.1) is 0 Å². The first-order valence-electron chi connectivity index (χ1n) is 10.5. The Hall–Kier alpha value is -1.97. The number of rotatable bonds is 11. The summed E-state index contributed by atoms with van der Waals surface area (Å²) in [6.45, 7) is 10.9. The fraction of sp³-hybridized carbons (Fsp3) is 0.545. The first-order chi connectivity index (χ1) is 14.7. The maximum atomic E-state index is 13.3. The largest absolute Gasteiger partial charge is 0.383 e. The minimum atomic E-state index is -3.61. The fourth-order valence-corrected chi connectivity index (χ4v) is 5.11. The van der Waals surface area contributed by atoms with E-state index < -0.39 is 9.84 Å². The minimum absolute atomic E-state index is 0.0770. The fourth-order valence-electron chi connectivity index (χ4n) is 3.33. The summed E-state index contributed by atoms with van der Waals surface area (Å²) in [7, 11) is -1.96. The molecule has 0 fully saturated rings. The van der Waals surface area contributed by atoms with Crippen LogP contribution in [0, 0.1) is 12.8 Å². The molecule has 0 aliphatic carbocycles. The summed E-state index contributed by atoms with van der Waals surface area (Å²) in [5, 5.41) is 3.89. The molecule has 0 atom stereocenters. The molecule has 0 bridgehead atoms.